The molecule has 3 amide bonds. The zero-order valence-electron chi connectivity index (χ0n) is 18.2. The Balaban J connectivity index is 1.27. The first-order chi connectivity index (χ1) is 15.9. The summed E-state index contributed by atoms with van der Waals surface area (Å²) in [7, 11) is 0. The molecule has 2 aromatic carbocycles. The first-order valence-corrected chi connectivity index (χ1v) is 11.8. The van der Waals surface area contributed by atoms with Crippen molar-refractivity contribution in [1.82, 2.24) is 10.2 Å². The van der Waals surface area contributed by atoms with Crippen molar-refractivity contribution < 1.29 is 18.8 Å². The molecule has 0 saturated carbocycles. The average Bonchev–Trinajstić information content (AvgIpc) is 3.45. The van der Waals surface area contributed by atoms with Crippen LogP contribution in [0.15, 0.2) is 53.5 Å². The monoisotopic (exact) mass is 468 g/mol. The van der Waals surface area contributed by atoms with Gasteiger partial charge in [-0.1, -0.05) is 23.9 Å². The minimum Gasteiger partial charge on any atom is -0.351 e. The molecular weight excluding hydrogens is 443 g/mol. The van der Waals surface area contributed by atoms with E-state index in [1.807, 2.05) is 6.92 Å². The van der Waals surface area contributed by atoms with Crippen molar-refractivity contribution in [2.24, 2.45) is 4.99 Å². The third-order valence-electron chi connectivity index (χ3n) is 5.62. The molecule has 2 aromatic rings. The van der Waals surface area contributed by atoms with Gasteiger partial charge in [0.25, 0.3) is 11.8 Å². The number of hydrogen-bond acceptors (Lipinski definition) is 5. The van der Waals surface area contributed by atoms with E-state index in [0.29, 0.717) is 11.3 Å². The molecule has 0 aliphatic carbocycles. The summed E-state index contributed by atoms with van der Waals surface area (Å²) in [4.78, 5) is 43.3. The molecule has 2 heterocycles. The highest BCUT2D eigenvalue weighted by Gasteiger charge is 2.33. The summed E-state index contributed by atoms with van der Waals surface area (Å²) in [5.41, 5.74) is 1.77. The maximum absolute atomic E-state index is 13.1. The number of thioether (sulfide) groups is 1. The fourth-order valence-corrected chi connectivity index (χ4v) is 4.87. The van der Waals surface area contributed by atoms with Gasteiger partial charge in [-0.05, 0) is 61.7 Å². The molecule has 4 rings (SSSR count). The Hall–Kier alpha value is -3.20. The molecule has 2 atom stereocenters. The van der Waals surface area contributed by atoms with Crippen molar-refractivity contribution in [2.75, 3.05) is 18.4 Å². The van der Waals surface area contributed by atoms with Crippen LogP contribution in [0.5, 0.6) is 0 Å². The van der Waals surface area contributed by atoms with Crippen LogP contribution >= 0.6 is 11.8 Å². The first kappa shape index (κ1) is 23.0. The molecular formula is C24H25FN4O3S. The molecule has 33 heavy (non-hydrogen) atoms. The van der Waals surface area contributed by atoms with Crippen LogP contribution in [0.3, 0.4) is 0 Å². The van der Waals surface area contributed by atoms with Crippen LogP contribution in [0.1, 0.15) is 48.1 Å². The SMILES string of the molecule is C[C@H](NC(=O)c1ccc(NC(=O)C[C@@H]2SC(N3CCCC3)=NC2=O)cc1)c1ccc(F)cc1. The molecule has 1 saturated heterocycles. The second kappa shape index (κ2) is 10.2. The summed E-state index contributed by atoms with van der Waals surface area (Å²) in [6.07, 6.45) is 2.23. The lowest BCUT2D eigenvalue weighted by atomic mass is 10.1. The van der Waals surface area contributed by atoms with Crippen LogP contribution in [-0.2, 0) is 9.59 Å². The molecule has 1 fully saturated rings. The van der Waals surface area contributed by atoms with Gasteiger partial charge in [0.15, 0.2) is 5.17 Å². The van der Waals surface area contributed by atoms with Gasteiger partial charge in [0.2, 0.25) is 5.91 Å². The van der Waals surface area contributed by atoms with Gasteiger partial charge in [-0.3, -0.25) is 14.4 Å². The quantitative estimate of drug-likeness (QED) is 0.674. The van der Waals surface area contributed by atoms with E-state index in [1.54, 1.807) is 36.4 Å². The van der Waals surface area contributed by atoms with Gasteiger partial charge in [-0.25, -0.2) is 4.39 Å². The molecule has 7 nitrogen and oxygen atoms in total. The number of anilines is 1. The van der Waals surface area contributed by atoms with E-state index in [-0.39, 0.29) is 36.0 Å². The van der Waals surface area contributed by atoms with Gasteiger partial charge in [0, 0.05) is 30.8 Å². The Morgan fingerprint density at radius 1 is 1.12 bits per heavy atom. The third-order valence-corrected chi connectivity index (χ3v) is 6.84. The molecule has 9 heteroatoms. The van der Waals surface area contributed by atoms with Gasteiger partial charge in [0.1, 0.15) is 11.1 Å². The van der Waals surface area contributed by atoms with Crippen LogP contribution in [0.4, 0.5) is 10.1 Å². The topological polar surface area (TPSA) is 90.9 Å². The summed E-state index contributed by atoms with van der Waals surface area (Å²) in [6, 6.07) is 12.2. The largest absolute Gasteiger partial charge is 0.351 e. The minimum atomic E-state index is -0.501. The van der Waals surface area contributed by atoms with Crippen LogP contribution in [-0.4, -0.2) is 46.1 Å². The lowest BCUT2D eigenvalue weighted by molar-refractivity contribution is -0.121. The van der Waals surface area contributed by atoms with E-state index in [9.17, 15) is 18.8 Å². The number of benzene rings is 2. The Morgan fingerprint density at radius 2 is 1.79 bits per heavy atom. The molecule has 172 valence electrons. The first-order valence-electron chi connectivity index (χ1n) is 10.9. The maximum Gasteiger partial charge on any atom is 0.262 e. The molecule has 2 aliphatic rings. The summed E-state index contributed by atoms with van der Waals surface area (Å²) in [6.45, 7) is 3.63. The van der Waals surface area contributed by atoms with Gasteiger partial charge < -0.3 is 15.5 Å². The van der Waals surface area contributed by atoms with Crippen LogP contribution < -0.4 is 10.6 Å². The highest BCUT2D eigenvalue weighted by Crippen LogP contribution is 2.29. The Morgan fingerprint density at radius 3 is 2.45 bits per heavy atom. The smallest absolute Gasteiger partial charge is 0.262 e. The van der Waals surface area contributed by atoms with Crippen molar-refractivity contribution in [2.45, 2.75) is 37.5 Å². The fraction of sp³-hybridized carbons (Fsp3) is 0.333. The van der Waals surface area contributed by atoms with E-state index in [1.165, 1.54) is 23.9 Å². The van der Waals surface area contributed by atoms with E-state index in [2.05, 4.69) is 20.5 Å². The predicted molar refractivity (Wildman–Crippen MR) is 127 cm³/mol. The standard InChI is InChI=1S/C24H25FN4O3S/c1-15(16-4-8-18(25)9-5-16)26-22(31)17-6-10-19(11-7-17)27-21(30)14-20-23(32)28-24(33-20)29-12-2-3-13-29/h4-11,15,20H,2-3,12-14H2,1H3,(H,26,31)(H,27,30)/t15-,20-/m0/s1. The van der Waals surface area contributed by atoms with E-state index >= 15 is 0 Å². The molecule has 2 N–H and O–H groups in total. The number of amidine groups is 1. The molecule has 0 aromatic heterocycles. The van der Waals surface area contributed by atoms with Crippen molar-refractivity contribution in [1.29, 1.82) is 0 Å². The lowest BCUT2D eigenvalue weighted by Crippen LogP contribution is -2.26. The summed E-state index contributed by atoms with van der Waals surface area (Å²) in [5.74, 6) is -1.14. The van der Waals surface area contributed by atoms with E-state index in [0.717, 1.165) is 36.7 Å². The number of aliphatic imine (C=N–C) groups is 1. The van der Waals surface area contributed by atoms with Gasteiger partial charge in [0.05, 0.1) is 6.04 Å². The number of carbonyl (C=O) groups excluding carboxylic acids is 3. The maximum atomic E-state index is 13.1. The average molecular weight is 469 g/mol. The second-order valence-electron chi connectivity index (χ2n) is 8.11. The molecule has 0 spiro atoms. The minimum absolute atomic E-state index is 0.0434. The van der Waals surface area contributed by atoms with Crippen molar-refractivity contribution in [3.05, 3.63) is 65.5 Å². The van der Waals surface area contributed by atoms with Crippen LogP contribution in [0.2, 0.25) is 0 Å². The molecule has 2 aliphatic heterocycles. The number of halogens is 1. The van der Waals surface area contributed by atoms with Gasteiger partial charge >= 0.3 is 0 Å². The number of carbonyl (C=O) groups is 3. The van der Waals surface area contributed by atoms with Crippen LogP contribution in [0, 0.1) is 5.82 Å². The van der Waals surface area contributed by atoms with Gasteiger partial charge in [-0.15, -0.1) is 0 Å². The van der Waals surface area contributed by atoms with Crippen molar-refractivity contribution >= 4 is 40.3 Å². The van der Waals surface area contributed by atoms with E-state index in [4.69, 9.17) is 0 Å². The Kier molecular flexibility index (Phi) is 7.08. The number of hydrogen-bond donors (Lipinski definition) is 2. The third kappa shape index (κ3) is 5.78. The highest BCUT2D eigenvalue weighted by atomic mass is 32.2. The zero-order valence-corrected chi connectivity index (χ0v) is 19.0. The van der Waals surface area contributed by atoms with Crippen LogP contribution in [0.25, 0.3) is 0 Å². The number of nitrogens with one attached hydrogen (secondary N) is 2. The predicted octanol–water partition coefficient (Wildman–Crippen LogP) is 3.74. The summed E-state index contributed by atoms with van der Waals surface area (Å²) >= 11 is 1.36. The second-order valence-corrected chi connectivity index (χ2v) is 9.28. The Bertz CT molecular complexity index is 1070. The fourth-order valence-electron chi connectivity index (χ4n) is 3.75. The normalized spacial score (nSPS) is 18.7. The number of likely N-dealkylation sites (tertiary alicyclic amines) is 1. The lowest BCUT2D eigenvalue weighted by Gasteiger charge is -2.16. The summed E-state index contributed by atoms with van der Waals surface area (Å²) in [5, 5.41) is 5.86. The molecule has 0 bridgehead atoms. The Labute approximate surface area is 195 Å². The number of nitrogens with zero attached hydrogens (tertiary/aromatic N) is 2. The molecule has 0 radical (unpaired) electrons. The van der Waals surface area contributed by atoms with E-state index < -0.39 is 5.25 Å². The molecule has 0 unspecified atom stereocenters. The zero-order chi connectivity index (χ0) is 23.4. The van der Waals surface area contributed by atoms with Crippen molar-refractivity contribution in [3.8, 4) is 0 Å². The number of rotatable bonds is 6. The van der Waals surface area contributed by atoms with Gasteiger partial charge in [-0.2, -0.15) is 4.99 Å². The van der Waals surface area contributed by atoms with Crippen molar-refractivity contribution in [3.63, 3.8) is 0 Å². The highest BCUT2D eigenvalue weighted by molar-refractivity contribution is 8.15. The summed E-state index contributed by atoms with van der Waals surface area (Å²) < 4.78 is 13.1. The number of amides is 3.